The maximum Gasteiger partial charge on any atom is 0.235 e. The number of ether oxygens (including phenoxy) is 1. The number of hydrogen-bond acceptors (Lipinski definition) is 5. The zero-order valence-corrected chi connectivity index (χ0v) is 17.2. The van der Waals surface area contributed by atoms with Crippen molar-refractivity contribution >= 4 is 17.7 Å². The molecule has 1 atom stereocenters. The van der Waals surface area contributed by atoms with Crippen molar-refractivity contribution in [2.45, 2.75) is 56.5 Å². The molecule has 3 rings (SSSR count). The van der Waals surface area contributed by atoms with Crippen LogP contribution in [0.4, 0.5) is 0 Å². The molecule has 0 unspecified atom stereocenters. The highest BCUT2D eigenvalue weighted by Crippen LogP contribution is 2.28. The molecule has 0 radical (unpaired) electrons. The fourth-order valence-electron chi connectivity index (χ4n) is 3.37. The molecule has 1 fully saturated rings. The van der Waals surface area contributed by atoms with Gasteiger partial charge in [0.05, 0.1) is 12.4 Å². The zero-order valence-electron chi connectivity index (χ0n) is 16.4. The average molecular weight is 389 g/mol. The van der Waals surface area contributed by atoms with E-state index in [1.54, 1.807) is 7.11 Å². The van der Waals surface area contributed by atoms with Gasteiger partial charge >= 0.3 is 0 Å². The molecule has 1 amide bonds. The number of rotatable bonds is 6. The Hall–Kier alpha value is -2.02. The lowest BCUT2D eigenvalue weighted by Gasteiger charge is -2.23. The Labute approximate surface area is 165 Å². The molecular weight excluding hydrogens is 360 g/mol. The second kappa shape index (κ2) is 9.26. The minimum atomic E-state index is -0.165. The number of thioether (sulfide) groups is 1. The molecule has 6 nitrogen and oxygen atoms in total. The Bertz CT molecular complexity index is 752. The molecule has 2 aromatic rings. The zero-order chi connectivity index (χ0) is 19.2. The smallest absolute Gasteiger partial charge is 0.235 e. The lowest BCUT2D eigenvalue weighted by atomic mass is 10.2. The largest absolute Gasteiger partial charge is 0.497 e. The molecular formula is C20H28N4O2S. The lowest BCUT2D eigenvalue weighted by Crippen LogP contribution is -2.37. The summed E-state index contributed by atoms with van der Waals surface area (Å²) in [6.07, 6.45) is 4.66. The van der Waals surface area contributed by atoms with Crippen molar-refractivity contribution in [3.8, 4) is 17.1 Å². The normalized spacial score (nSPS) is 16.0. The number of carbonyl (C=O) groups excluding carboxylic acids is 1. The number of benzene rings is 1. The maximum absolute atomic E-state index is 12.8. The summed E-state index contributed by atoms with van der Waals surface area (Å²) >= 11 is 1.50. The van der Waals surface area contributed by atoms with Crippen LogP contribution < -0.4 is 4.74 Å². The predicted octanol–water partition coefficient (Wildman–Crippen LogP) is 3.86. The molecule has 2 heterocycles. The van der Waals surface area contributed by atoms with Crippen molar-refractivity contribution < 1.29 is 9.53 Å². The van der Waals surface area contributed by atoms with Crippen LogP contribution in [0.15, 0.2) is 29.4 Å². The number of hydrogen-bond donors (Lipinski definition) is 0. The van der Waals surface area contributed by atoms with Gasteiger partial charge in [0.25, 0.3) is 0 Å². The first kappa shape index (κ1) is 19.7. The second-order valence-electron chi connectivity index (χ2n) is 6.78. The Morgan fingerprint density at radius 1 is 1.15 bits per heavy atom. The molecule has 27 heavy (non-hydrogen) atoms. The van der Waals surface area contributed by atoms with Crippen LogP contribution in [0.2, 0.25) is 0 Å². The molecule has 7 heteroatoms. The first-order chi connectivity index (χ1) is 13.1. The van der Waals surface area contributed by atoms with Gasteiger partial charge in [-0.3, -0.25) is 4.79 Å². The van der Waals surface area contributed by atoms with Crippen molar-refractivity contribution in [2.75, 3.05) is 20.2 Å². The summed E-state index contributed by atoms with van der Waals surface area (Å²) in [7, 11) is 1.65. The van der Waals surface area contributed by atoms with E-state index in [9.17, 15) is 4.79 Å². The van der Waals surface area contributed by atoms with Crippen LogP contribution in [0.5, 0.6) is 5.75 Å². The van der Waals surface area contributed by atoms with Gasteiger partial charge in [-0.1, -0.05) is 24.6 Å². The SMILES string of the molecule is CCn1c(S[C@@H](C)C(=O)N2CCCCCC2)nnc1-c1ccc(OC)cc1. The highest BCUT2D eigenvalue weighted by Gasteiger charge is 2.25. The Morgan fingerprint density at radius 2 is 1.81 bits per heavy atom. The fourth-order valence-corrected chi connectivity index (χ4v) is 4.37. The molecule has 1 aromatic carbocycles. The molecule has 0 aliphatic carbocycles. The second-order valence-corrected chi connectivity index (χ2v) is 8.09. The van der Waals surface area contributed by atoms with Crippen LogP contribution in [-0.4, -0.2) is 51.0 Å². The third kappa shape index (κ3) is 4.64. The fraction of sp³-hybridized carbons (Fsp3) is 0.550. The third-order valence-corrected chi connectivity index (χ3v) is 6.00. The molecule has 0 spiro atoms. The summed E-state index contributed by atoms with van der Waals surface area (Å²) in [4.78, 5) is 14.9. The van der Waals surface area contributed by atoms with Crippen LogP contribution in [0.3, 0.4) is 0 Å². The Kier molecular flexibility index (Phi) is 6.77. The van der Waals surface area contributed by atoms with Crippen LogP contribution >= 0.6 is 11.8 Å². The number of methoxy groups -OCH3 is 1. The van der Waals surface area contributed by atoms with E-state index in [1.165, 1.54) is 24.6 Å². The summed E-state index contributed by atoms with van der Waals surface area (Å²) in [5.41, 5.74) is 0.989. The minimum absolute atomic E-state index is 0.165. The summed E-state index contributed by atoms with van der Waals surface area (Å²) in [5, 5.41) is 9.37. The monoisotopic (exact) mass is 388 g/mol. The van der Waals surface area contributed by atoms with E-state index >= 15 is 0 Å². The van der Waals surface area contributed by atoms with Gasteiger partial charge in [0.15, 0.2) is 11.0 Å². The number of amides is 1. The van der Waals surface area contributed by atoms with Gasteiger partial charge in [-0.05, 0) is 51.0 Å². The van der Waals surface area contributed by atoms with Gasteiger partial charge in [0.1, 0.15) is 5.75 Å². The number of nitrogens with zero attached hydrogens (tertiary/aromatic N) is 4. The van der Waals surface area contributed by atoms with Crippen molar-refractivity contribution in [3.05, 3.63) is 24.3 Å². The van der Waals surface area contributed by atoms with Crippen LogP contribution in [-0.2, 0) is 11.3 Å². The first-order valence-corrected chi connectivity index (χ1v) is 10.5. The third-order valence-electron chi connectivity index (χ3n) is 4.93. The standard InChI is InChI=1S/C20H28N4O2S/c1-4-24-18(16-9-11-17(26-3)12-10-16)21-22-20(24)27-15(2)19(25)23-13-7-5-6-8-14-23/h9-12,15H,4-8,13-14H2,1-3H3/t15-/m0/s1. The highest BCUT2D eigenvalue weighted by atomic mass is 32.2. The average Bonchev–Trinajstić information content (AvgIpc) is 2.91. The van der Waals surface area contributed by atoms with Gasteiger partial charge in [-0.25, -0.2) is 0 Å². The summed E-state index contributed by atoms with van der Waals surface area (Å²) in [6, 6.07) is 7.80. The van der Waals surface area contributed by atoms with Crippen molar-refractivity contribution in [1.82, 2.24) is 19.7 Å². The molecule has 0 saturated carbocycles. The number of carbonyl (C=O) groups is 1. The van der Waals surface area contributed by atoms with Crippen LogP contribution in [0.1, 0.15) is 39.5 Å². The van der Waals surface area contributed by atoms with Crippen molar-refractivity contribution in [2.24, 2.45) is 0 Å². The van der Waals surface area contributed by atoms with Crippen LogP contribution in [0.25, 0.3) is 11.4 Å². The molecule has 0 N–H and O–H groups in total. The number of likely N-dealkylation sites (tertiary alicyclic amines) is 1. The molecule has 1 aromatic heterocycles. The van der Waals surface area contributed by atoms with Crippen LogP contribution in [0, 0.1) is 0 Å². The van der Waals surface area contributed by atoms with Gasteiger partial charge < -0.3 is 14.2 Å². The highest BCUT2D eigenvalue weighted by molar-refractivity contribution is 8.00. The Balaban J connectivity index is 1.74. The quantitative estimate of drug-likeness (QED) is 0.703. The lowest BCUT2D eigenvalue weighted by molar-refractivity contribution is -0.130. The van der Waals surface area contributed by atoms with E-state index in [0.717, 1.165) is 54.8 Å². The summed E-state index contributed by atoms with van der Waals surface area (Å²) < 4.78 is 7.29. The molecule has 1 aliphatic rings. The molecule has 146 valence electrons. The summed E-state index contributed by atoms with van der Waals surface area (Å²) in [6.45, 7) is 6.55. The molecule has 0 bridgehead atoms. The van der Waals surface area contributed by atoms with Crippen molar-refractivity contribution in [1.29, 1.82) is 0 Å². The van der Waals surface area contributed by atoms with E-state index in [4.69, 9.17) is 4.74 Å². The van der Waals surface area contributed by atoms with E-state index in [2.05, 4.69) is 21.7 Å². The van der Waals surface area contributed by atoms with Crippen molar-refractivity contribution in [3.63, 3.8) is 0 Å². The van der Waals surface area contributed by atoms with E-state index < -0.39 is 0 Å². The predicted molar refractivity (Wildman–Crippen MR) is 108 cm³/mol. The first-order valence-electron chi connectivity index (χ1n) is 9.67. The van der Waals surface area contributed by atoms with E-state index in [-0.39, 0.29) is 11.2 Å². The van der Waals surface area contributed by atoms with E-state index in [1.807, 2.05) is 36.1 Å². The minimum Gasteiger partial charge on any atom is -0.497 e. The topological polar surface area (TPSA) is 60.2 Å². The van der Waals surface area contributed by atoms with E-state index in [0.29, 0.717) is 0 Å². The molecule has 1 aliphatic heterocycles. The summed E-state index contributed by atoms with van der Waals surface area (Å²) in [5.74, 6) is 1.84. The maximum atomic E-state index is 12.8. The van der Waals surface area contributed by atoms with Gasteiger partial charge in [-0.15, -0.1) is 10.2 Å². The van der Waals surface area contributed by atoms with Gasteiger partial charge in [0, 0.05) is 25.2 Å². The van der Waals surface area contributed by atoms with Gasteiger partial charge in [-0.2, -0.15) is 0 Å². The van der Waals surface area contributed by atoms with Gasteiger partial charge in [0.2, 0.25) is 5.91 Å². The Morgan fingerprint density at radius 3 is 2.41 bits per heavy atom. The molecule has 1 saturated heterocycles. The number of aromatic nitrogens is 3.